The standard InChI is InChI=1S/C17H21N5O2/c1-24-11-14-9-21(17(23)13-4-5-18-19-6-13)10-16-15(14)7-20-22(16)8-12-2-3-12/h4-7,12,14H,2-3,8-11H2,1H3/t14-/m1/s1. The number of hydrogen-bond acceptors (Lipinski definition) is 5. The van der Waals surface area contributed by atoms with Gasteiger partial charge in [-0.15, -0.1) is 0 Å². The van der Waals surface area contributed by atoms with Crippen molar-refractivity contribution in [3.05, 3.63) is 41.5 Å². The van der Waals surface area contributed by atoms with Crippen molar-refractivity contribution in [3.8, 4) is 0 Å². The highest BCUT2D eigenvalue weighted by molar-refractivity contribution is 5.93. The molecule has 1 saturated carbocycles. The van der Waals surface area contributed by atoms with Crippen LogP contribution in [0.4, 0.5) is 0 Å². The predicted molar refractivity (Wildman–Crippen MR) is 86.3 cm³/mol. The van der Waals surface area contributed by atoms with E-state index in [9.17, 15) is 4.79 Å². The zero-order valence-electron chi connectivity index (χ0n) is 13.8. The van der Waals surface area contributed by atoms with Gasteiger partial charge in [0, 0.05) is 31.7 Å². The summed E-state index contributed by atoms with van der Waals surface area (Å²) in [6.07, 6.45) is 7.58. The van der Waals surface area contributed by atoms with E-state index in [1.54, 1.807) is 19.4 Å². The molecule has 0 N–H and O–H groups in total. The Balaban J connectivity index is 1.62. The minimum Gasteiger partial charge on any atom is -0.384 e. The lowest BCUT2D eigenvalue weighted by atomic mass is 9.95. The molecule has 2 aromatic rings. The van der Waals surface area contributed by atoms with Crippen LogP contribution in [-0.2, 0) is 17.8 Å². The second-order valence-corrected chi connectivity index (χ2v) is 6.64. The maximum absolute atomic E-state index is 12.8. The molecule has 0 saturated heterocycles. The topological polar surface area (TPSA) is 73.1 Å². The van der Waals surface area contributed by atoms with Crippen molar-refractivity contribution in [3.63, 3.8) is 0 Å². The second kappa shape index (κ2) is 6.32. The van der Waals surface area contributed by atoms with Crippen LogP contribution in [0.2, 0.25) is 0 Å². The Morgan fingerprint density at radius 3 is 2.92 bits per heavy atom. The normalized spacial score (nSPS) is 20.0. The maximum Gasteiger partial charge on any atom is 0.255 e. The molecule has 1 atom stereocenters. The van der Waals surface area contributed by atoms with Gasteiger partial charge >= 0.3 is 0 Å². The van der Waals surface area contributed by atoms with Crippen LogP contribution in [0.25, 0.3) is 0 Å². The second-order valence-electron chi connectivity index (χ2n) is 6.64. The number of hydrogen-bond donors (Lipinski definition) is 0. The van der Waals surface area contributed by atoms with Gasteiger partial charge in [0.05, 0.1) is 43.0 Å². The summed E-state index contributed by atoms with van der Waals surface area (Å²) >= 11 is 0. The van der Waals surface area contributed by atoms with E-state index in [4.69, 9.17) is 4.74 Å². The van der Waals surface area contributed by atoms with Crippen LogP contribution in [-0.4, -0.2) is 51.0 Å². The summed E-state index contributed by atoms with van der Waals surface area (Å²) in [5.41, 5.74) is 2.93. The van der Waals surface area contributed by atoms with Crippen LogP contribution < -0.4 is 0 Å². The Hall–Kier alpha value is -2.28. The number of rotatable bonds is 5. The quantitative estimate of drug-likeness (QED) is 0.831. The molecule has 2 aromatic heterocycles. The van der Waals surface area contributed by atoms with Crippen molar-refractivity contribution in [2.24, 2.45) is 5.92 Å². The van der Waals surface area contributed by atoms with Gasteiger partial charge in [-0.3, -0.25) is 9.48 Å². The lowest BCUT2D eigenvalue weighted by Gasteiger charge is -2.33. The summed E-state index contributed by atoms with van der Waals surface area (Å²) in [5.74, 6) is 0.881. The van der Waals surface area contributed by atoms with Gasteiger partial charge in [0.1, 0.15) is 0 Å². The number of methoxy groups -OCH3 is 1. The van der Waals surface area contributed by atoms with E-state index >= 15 is 0 Å². The molecule has 1 aliphatic carbocycles. The number of carbonyl (C=O) groups excluding carboxylic acids is 1. The van der Waals surface area contributed by atoms with Gasteiger partial charge in [0.25, 0.3) is 5.91 Å². The number of nitrogens with zero attached hydrogens (tertiary/aromatic N) is 5. The van der Waals surface area contributed by atoms with E-state index in [1.165, 1.54) is 24.6 Å². The SMILES string of the molecule is COC[C@H]1CN(C(=O)c2ccnnc2)Cc2c1cnn2CC1CC1. The van der Waals surface area contributed by atoms with E-state index in [1.807, 2.05) is 11.1 Å². The molecule has 0 unspecified atom stereocenters. The third-order valence-electron chi connectivity index (χ3n) is 4.82. The molecule has 0 radical (unpaired) electrons. The molecular weight excluding hydrogens is 306 g/mol. The Labute approximate surface area is 140 Å². The first-order valence-corrected chi connectivity index (χ1v) is 8.35. The average molecular weight is 327 g/mol. The van der Waals surface area contributed by atoms with Crippen molar-refractivity contribution in [1.29, 1.82) is 0 Å². The van der Waals surface area contributed by atoms with Gasteiger partial charge < -0.3 is 9.64 Å². The predicted octanol–water partition coefficient (Wildman–Crippen LogP) is 1.47. The fourth-order valence-corrected chi connectivity index (χ4v) is 3.35. The first kappa shape index (κ1) is 15.3. The van der Waals surface area contributed by atoms with Crippen LogP contribution in [0.15, 0.2) is 24.7 Å². The highest BCUT2D eigenvalue weighted by Gasteiger charge is 2.33. The van der Waals surface area contributed by atoms with Crippen molar-refractivity contribution in [1.82, 2.24) is 24.9 Å². The molecule has 126 valence electrons. The first-order valence-electron chi connectivity index (χ1n) is 8.35. The molecule has 1 aliphatic heterocycles. The lowest BCUT2D eigenvalue weighted by Crippen LogP contribution is -2.40. The van der Waals surface area contributed by atoms with Crippen LogP contribution in [0.1, 0.15) is 40.4 Å². The maximum atomic E-state index is 12.8. The number of ether oxygens (including phenoxy) is 1. The van der Waals surface area contributed by atoms with Crippen LogP contribution in [0.5, 0.6) is 0 Å². The summed E-state index contributed by atoms with van der Waals surface area (Å²) in [6, 6.07) is 1.71. The first-order chi connectivity index (χ1) is 11.8. The van der Waals surface area contributed by atoms with E-state index in [2.05, 4.69) is 20.0 Å². The van der Waals surface area contributed by atoms with Crippen LogP contribution >= 0.6 is 0 Å². The molecule has 0 bridgehead atoms. The van der Waals surface area contributed by atoms with Gasteiger partial charge in [-0.2, -0.15) is 15.3 Å². The summed E-state index contributed by atoms with van der Waals surface area (Å²) in [6.45, 7) is 2.76. The third kappa shape index (κ3) is 2.91. The molecule has 1 amide bonds. The average Bonchev–Trinajstić information content (AvgIpc) is 3.34. The van der Waals surface area contributed by atoms with Gasteiger partial charge in [-0.05, 0) is 24.8 Å². The van der Waals surface area contributed by atoms with Crippen molar-refractivity contribution in [2.75, 3.05) is 20.3 Å². The van der Waals surface area contributed by atoms with Crippen LogP contribution in [0, 0.1) is 5.92 Å². The Bertz CT molecular complexity index is 726. The van der Waals surface area contributed by atoms with E-state index < -0.39 is 0 Å². The third-order valence-corrected chi connectivity index (χ3v) is 4.82. The molecule has 4 rings (SSSR count). The molecular formula is C17H21N5O2. The molecule has 7 nitrogen and oxygen atoms in total. The largest absolute Gasteiger partial charge is 0.384 e. The number of aromatic nitrogens is 4. The van der Waals surface area contributed by atoms with Crippen molar-refractivity contribution in [2.45, 2.75) is 31.8 Å². The molecule has 0 spiro atoms. The van der Waals surface area contributed by atoms with Crippen LogP contribution in [0.3, 0.4) is 0 Å². The number of fused-ring (bicyclic) bond motifs is 1. The molecule has 0 aromatic carbocycles. The summed E-state index contributed by atoms with van der Waals surface area (Å²) in [5, 5.41) is 12.1. The van der Waals surface area contributed by atoms with Gasteiger partial charge in [-0.1, -0.05) is 0 Å². The highest BCUT2D eigenvalue weighted by atomic mass is 16.5. The lowest BCUT2D eigenvalue weighted by molar-refractivity contribution is 0.0673. The van der Waals surface area contributed by atoms with Crippen molar-refractivity contribution < 1.29 is 9.53 Å². The summed E-state index contributed by atoms with van der Waals surface area (Å²) < 4.78 is 7.46. The van der Waals surface area contributed by atoms with Crippen molar-refractivity contribution >= 4 is 5.91 Å². The Morgan fingerprint density at radius 1 is 1.33 bits per heavy atom. The molecule has 7 heteroatoms. The minimum atomic E-state index is -0.0178. The smallest absolute Gasteiger partial charge is 0.255 e. The Kier molecular flexibility index (Phi) is 4.02. The fraction of sp³-hybridized carbons (Fsp3) is 0.529. The monoisotopic (exact) mass is 327 g/mol. The van der Waals surface area contributed by atoms with Gasteiger partial charge in [0.15, 0.2) is 0 Å². The van der Waals surface area contributed by atoms with Gasteiger partial charge in [-0.25, -0.2) is 0 Å². The van der Waals surface area contributed by atoms with E-state index in [0.717, 1.165) is 18.2 Å². The fourth-order valence-electron chi connectivity index (χ4n) is 3.35. The number of amides is 1. The van der Waals surface area contributed by atoms with Gasteiger partial charge in [0.2, 0.25) is 0 Å². The minimum absolute atomic E-state index is 0.0178. The molecule has 2 aliphatic rings. The zero-order valence-corrected chi connectivity index (χ0v) is 13.8. The Morgan fingerprint density at radius 2 is 2.21 bits per heavy atom. The molecule has 3 heterocycles. The molecule has 1 fully saturated rings. The van der Waals surface area contributed by atoms with E-state index in [-0.39, 0.29) is 11.8 Å². The highest BCUT2D eigenvalue weighted by Crippen LogP contribution is 2.34. The number of carbonyl (C=O) groups is 1. The summed E-state index contributed by atoms with van der Waals surface area (Å²) in [7, 11) is 1.70. The van der Waals surface area contributed by atoms with E-state index in [0.29, 0.717) is 25.3 Å². The summed E-state index contributed by atoms with van der Waals surface area (Å²) in [4.78, 5) is 14.7. The zero-order chi connectivity index (χ0) is 16.5. The molecule has 24 heavy (non-hydrogen) atoms.